The lowest BCUT2D eigenvalue weighted by atomic mass is 10.3. The van der Waals surface area contributed by atoms with E-state index in [0.717, 1.165) is 13.0 Å². The molecule has 2 amide bonds. The highest BCUT2D eigenvalue weighted by Gasteiger charge is 2.25. The molecule has 1 unspecified atom stereocenters. The number of hydrogen-bond acceptors (Lipinski definition) is 3. The lowest BCUT2D eigenvalue weighted by molar-refractivity contribution is -0.130. The first-order valence-electron chi connectivity index (χ1n) is 7.61. The number of amides is 2. The molecule has 0 aromatic heterocycles. The maximum Gasteiger partial charge on any atom is 0.243 e. The van der Waals surface area contributed by atoms with Crippen LogP contribution in [0.15, 0.2) is 17.6 Å². The van der Waals surface area contributed by atoms with Crippen molar-refractivity contribution >= 4 is 17.8 Å². The molecule has 1 aliphatic heterocycles. The first-order valence-corrected chi connectivity index (χ1v) is 7.61. The van der Waals surface area contributed by atoms with E-state index in [0.29, 0.717) is 25.5 Å². The SMILES string of the molecule is C=CCNC(=NCC(=O)N(C)C)NC1CCN(C(=O)CC)C1. The number of aliphatic imine (C=N–C) groups is 1. The molecule has 7 nitrogen and oxygen atoms in total. The van der Waals surface area contributed by atoms with Gasteiger partial charge in [0.2, 0.25) is 11.8 Å². The van der Waals surface area contributed by atoms with Crippen LogP contribution < -0.4 is 10.6 Å². The van der Waals surface area contributed by atoms with Crippen LogP contribution in [-0.4, -0.2) is 73.9 Å². The highest BCUT2D eigenvalue weighted by molar-refractivity contribution is 5.85. The summed E-state index contributed by atoms with van der Waals surface area (Å²) < 4.78 is 0. The van der Waals surface area contributed by atoms with Crippen molar-refractivity contribution in [1.82, 2.24) is 20.4 Å². The van der Waals surface area contributed by atoms with Crippen molar-refractivity contribution in [2.24, 2.45) is 4.99 Å². The topological polar surface area (TPSA) is 77.0 Å². The summed E-state index contributed by atoms with van der Waals surface area (Å²) in [6, 6.07) is 0.154. The van der Waals surface area contributed by atoms with Crippen LogP contribution in [0.2, 0.25) is 0 Å². The van der Waals surface area contributed by atoms with E-state index in [4.69, 9.17) is 0 Å². The fraction of sp³-hybridized carbons (Fsp3) is 0.667. The van der Waals surface area contributed by atoms with Gasteiger partial charge in [0.25, 0.3) is 0 Å². The molecule has 0 spiro atoms. The Kier molecular flexibility index (Phi) is 7.42. The van der Waals surface area contributed by atoms with Gasteiger partial charge in [0.15, 0.2) is 5.96 Å². The summed E-state index contributed by atoms with van der Waals surface area (Å²) in [5, 5.41) is 6.38. The molecule has 124 valence electrons. The van der Waals surface area contributed by atoms with E-state index in [-0.39, 0.29) is 24.4 Å². The minimum atomic E-state index is -0.0612. The number of carbonyl (C=O) groups excluding carboxylic acids is 2. The fourth-order valence-corrected chi connectivity index (χ4v) is 2.13. The quantitative estimate of drug-likeness (QED) is 0.405. The van der Waals surface area contributed by atoms with Gasteiger partial charge in [-0.25, -0.2) is 4.99 Å². The zero-order valence-electron chi connectivity index (χ0n) is 13.8. The minimum Gasteiger partial charge on any atom is -0.353 e. The van der Waals surface area contributed by atoms with E-state index < -0.39 is 0 Å². The van der Waals surface area contributed by atoms with Crippen LogP contribution in [0, 0.1) is 0 Å². The predicted molar refractivity (Wildman–Crippen MR) is 87.6 cm³/mol. The van der Waals surface area contributed by atoms with Crippen LogP contribution in [-0.2, 0) is 9.59 Å². The Morgan fingerprint density at radius 1 is 1.45 bits per heavy atom. The summed E-state index contributed by atoms with van der Waals surface area (Å²) in [6.45, 7) is 7.61. The van der Waals surface area contributed by atoms with Crippen molar-refractivity contribution in [3.05, 3.63) is 12.7 Å². The van der Waals surface area contributed by atoms with E-state index in [1.54, 1.807) is 20.2 Å². The molecular weight excluding hydrogens is 282 g/mol. The number of hydrogen-bond donors (Lipinski definition) is 2. The maximum absolute atomic E-state index is 11.7. The standard InChI is InChI=1S/C15H27N5O2/c1-5-8-16-15(17-10-14(22)19(3)4)18-12-7-9-20(11-12)13(21)6-2/h5,12H,1,6-11H2,2-4H3,(H2,16,17,18). The second kappa shape index (κ2) is 9.07. The van der Waals surface area contributed by atoms with Gasteiger partial charge in [-0.05, 0) is 6.42 Å². The van der Waals surface area contributed by atoms with Crippen molar-refractivity contribution in [1.29, 1.82) is 0 Å². The van der Waals surface area contributed by atoms with Crippen molar-refractivity contribution in [2.45, 2.75) is 25.8 Å². The molecular formula is C15H27N5O2. The Morgan fingerprint density at radius 3 is 2.77 bits per heavy atom. The molecule has 1 rings (SSSR count). The largest absolute Gasteiger partial charge is 0.353 e. The van der Waals surface area contributed by atoms with Crippen LogP contribution in [0.25, 0.3) is 0 Å². The Hall–Kier alpha value is -2.05. The zero-order valence-corrected chi connectivity index (χ0v) is 13.8. The van der Waals surface area contributed by atoms with Gasteiger partial charge in [0.1, 0.15) is 6.54 Å². The highest BCUT2D eigenvalue weighted by atomic mass is 16.2. The fourth-order valence-electron chi connectivity index (χ4n) is 2.13. The summed E-state index contributed by atoms with van der Waals surface area (Å²) in [6.07, 6.45) is 3.13. The predicted octanol–water partition coefficient (Wildman–Crippen LogP) is -0.193. The number of carbonyl (C=O) groups is 2. The molecule has 7 heteroatoms. The number of rotatable bonds is 6. The molecule has 1 saturated heterocycles. The molecule has 0 saturated carbocycles. The smallest absolute Gasteiger partial charge is 0.243 e. The number of likely N-dealkylation sites (N-methyl/N-ethyl adjacent to an activating group) is 1. The molecule has 1 fully saturated rings. The maximum atomic E-state index is 11.7. The third kappa shape index (κ3) is 5.75. The number of nitrogens with one attached hydrogen (secondary N) is 2. The minimum absolute atomic E-state index is 0.0612. The van der Waals surface area contributed by atoms with Crippen molar-refractivity contribution in [3.8, 4) is 0 Å². The summed E-state index contributed by atoms with van der Waals surface area (Å²) in [7, 11) is 3.40. The van der Waals surface area contributed by atoms with E-state index in [1.165, 1.54) is 4.90 Å². The van der Waals surface area contributed by atoms with Crippen LogP contribution in [0.5, 0.6) is 0 Å². The number of likely N-dealkylation sites (tertiary alicyclic amines) is 1. The first kappa shape index (κ1) is 18.0. The number of nitrogens with zero attached hydrogens (tertiary/aromatic N) is 3. The van der Waals surface area contributed by atoms with E-state index in [1.807, 2.05) is 11.8 Å². The molecule has 1 aliphatic rings. The zero-order chi connectivity index (χ0) is 16.5. The van der Waals surface area contributed by atoms with Gasteiger partial charge in [-0.2, -0.15) is 0 Å². The normalized spacial score (nSPS) is 18.0. The monoisotopic (exact) mass is 309 g/mol. The molecule has 1 heterocycles. The van der Waals surface area contributed by atoms with E-state index in [2.05, 4.69) is 22.2 Å². The average molecular weight is 309 g/mol. The van der Waals surface area contributed by atoms with Gasteiger partial charge in [-0.3, -0.25) is 9.59 Å². The lowest BCUT2D eigenvalue weighted by Crippen LogP contribution is -2.45. The van der Waals surface area contributed by atoms with Crippen molar-refractivity contribution < 1.29 is 9.59 Å². The number of guanidine groups is 1. The summed E-state index contributed by atoms with van der Waals surface area (Å²) >= 11 is 0. The van der Waals surface area contributed by atoms with Gasteiger partial charge < -0.3 is 20.4 Å². The van der Waals surface area contributed by atoms with Gasteiger partial charge in [0, 0.05) is 46.2 Å². The van der Waals surface area contributed by atoms with Crippen LogP contribution in [0.1, 0.15) is 19.8 Å². The third-order valence-electron chi connectivity index (χ3n) is 3.47. The summed E-state index contributed by atoms with van der Waals surface area (Å²) in [4.78, 5) is 31.0. The van der Waals surface area contributed by atoms with Crippen LogP contribution in [0.4, 0.5) is 0 Å². The second-order valence-corrected chi connectivity index (χ2v) is 5.45. The highest BCUT2D eigenvalue weighted by Crippen LogP contribution is 2.10. The summed E-state index contributed by atoms with van der Waals surface area (Å²) in [5.41, 5.74) is 0. The Labute approximate surface area is 132 Å². The molecule has 22 heavy (non-hydrogen) atoms. The Balaban J connectivity index is 2.58. The molecule has 0 aromatic rings. The van der Waals surface area contributed by atoms with Crippen molar-refractivity contribution in [2.75, 3.05) is 40.3 Å². The van der Waals surface area contributed by atoms with Crippen LogP contribution in [0.3, 0.4) is 0 Å². The van der Waals surface area contributed by atoms with Gasteiger partial charge in [-0.1, -0.05) is 13.0 Å². The summed E-state index contributed by atoms with van der Waals surface area (Å²) in [5.74, 6) is 0.685. The Bertz CT molecular complexity index is 434. The molecule has 0 radical (unpaired) electrons. The van der Waals surface area contributed by atoms with E-state index in [9.17, 15) is 9.59 Å². The Morgan fingerprint density at radius 2 is 2.18 bits per heavy atom. The average Bonchev–Trinajstić information content (AvgIpc) is 2.97. The van der Waals surface area contributed by atoms with Gasteiger partial charge in [-0.15, -0.1) is 6.58 Å². The van der Waals surface area contributed by atoms with E-state index >= 15 is 0 Å². The van der Waals surface area contributed by atoms with Gasteiger partial charge in [0.05, 0.1) is 0 Å². The molecule has 1 atom stereocenters. The third-order valence-corrected chi connectivity index (χ3v) is 3.47. The first-order chi connectivity index (χ1) is 10.5. The molecule has 0 bridgehead atoms. The lowest BCUT2D eigenvalue weighted by Gasteiger charge is -2.19. The molecule has 2 N–H and O–H groups in total. The molecule has 0 aliphatic carbocycles. The molecule has 0 aromatic carbocycles. The van der Waals surface area contributed by atoms with Crippen LogP contribution >= 0.6 is 0 Å². The van der Waals surface area contributed by atoms with Crippen molar-refractivity contribution in [3.63, 3.8) is 0 Å². The van der Waals surface area contributed by atoms with Gasteiger partial charge >= 0.3 is 0 Å². The second-order valence-electron chi connectivity index (χ2n) is 5.45.